The van der Waals surface area contributed by atoms with Gasteiger partial charge in [-0.15, -0.1) is 0 Å². The first-order valence-corrected chi connectivity index (χ1v) is 7.69. The second-order valence-corrected chi connectivity index (χ2v) is 5.90. The van der Waals surface area contributed by atoms with Gasteiger partial charge >= 0.3 is 0 Å². The van der Waals surface area contributed by atoms with E-state index in [4.69, 9.17) is 4.74 Å². The molecular formula is C19H18F2O2. The number of ketones is 1. The Hall–Kier alpha value is -2.07. The summed E-state index contributed by atoms with van der Waals surface area (Å²) in [5.41, 5.74) is 0.120. The van der Waals surface area contributed by atoms with E-state index in [1.807, 2.05) is 19.1 Å². The molecular weight excluding hydrogens is 298 g/mol. The van der Waals surface area contributed by atoms with E-state index in [2.05, 4.69) is 0 Å². The molecule has 2 aromatic carbocycles. The van der Waals surface area contributed by atoms with Crippen molar-refractivity contribution in [2.24, 2.45) is 0 Å². The van der Waals surface area contributed by atoms with Crippen LogP contribution >= 0.6 is 0 Å². The van der Waals surface area contributed by atoms with Gasteiger partial charge in [0.05, 0.1) is 0 Å². The minimum atomic E-state index is -1.65. The maximum atomic E-state index is 14.9. The molecule has 0 radical (unpaired) electrons. The number of ether oxygens (including phenoxy) is 1. The number of benzene rings is 2. The molecule has 2 atom stereocenters. The Morgan fingerprint density at radius 2 is 1.78 bits per heavy atom. The van der Waals surface area contributed by atoms with Gasteiger partial charge in [-0.3, -0.25) is 4.79 Å². The molecule has 3 rings (SSSR count). The number of aryl methyl sites for hydroxylation is 1. The molecule has 0 aromatic heterocycles. The molecule has 0 amide bonds. The van der Waals surface area contributed by atoms with Crippen LogP contribution in [0.2, 0.25) is 0 Å². The van der Waals surface area contributed by atoms with Crippen LogP contribution in [-0.4, -0.2) is 18.6 Å². The van der Waals surface area contributed by atoms with Crippen molar-refractivity contribution in [3.63, 3.8) is 0 Å². The Balaban J connectivity index is 2.09. The van der Waals surface area contributed by atoms with Gasteiger partial charge in [-0.1, -0.05) is 29.8 Å². The van der Waals surface area contributed by atoms with Crippen molar-refractivity contribution >= 4 is 5.78 Å². The zero-order valence-corrected chi connectivity index (χ0v) is 12.9. The number of carbonyl (C=O) groups is 1. The van der Waals surface area contributed by atoms with Gasteiger partial charge in [0.1, 0.15) is 12.0 Å². The van der Waals surface area contributed by atoms with Crippen LogP contribution in [0.25, 0.3) is 0 Å². The van der Waals surface area contributed by atoms with Crippen molar-refractivity contribution in [2.45, 2.75) is 31.5 Å². The third-order valence-corrected chi connectivity index (χ3v) is 4.30. The average molecular weight is 316 g/mol. The maximum Gasteiger partial charge on any atom is 0.202 e. The fourth-order valence-electron chi connectivity index (χ4n) is 3.01. The zero-order valence-electron chi connectivity index (χ0n) is 12.9. The lowest BCUT2D eigenvalue weighted by Crippen LogP contribution is -2.50. The molecule has 2 aromatic rings. The highest BCUT2D eigenvalue weighted by Gasteiger charge is 2.51. The highest BCUT2D eigenvalue weighted by Crippen LogP contribution is 2.40. The number of hydrogen-bond donors (Lipinski definition) is 0. The predicted molar refractivity (Wildman–Crippen MR) is 83.7 cm³/mol. The Labute approximate surface area is 134 Å². The fourth-order valence-corrected chi connectivity index (χ4v) is 3.01. The second-order valence-electron chi connectivity index (χ2n) is 5.90. The monoisotopic (exact) mass is 316 g/mol. The first-order chi connectivity index (χ1) is 11.0. The molecule has 0 N–H and O–H groups in total. The van der Waals surface area contributed by atoms with Crippen molar-refractivity contribution in [3.05, 3.63) is 71.0 Å². The summed E-state index contributed by atoms with van der Waals surface area (Å²) in [6, 6.07) is 12.3. The molecule has 0 spiro atoms. The summed E-state index contributed by atoms with van der Waals surface area (Å²) in [4.78, 5) is 13.0. The molecule has 1 saturated heterocycles. The normalized spacial score (nSPS) is 24.4. The molecule has 120 valence electrons. The Morgan fingerprint density at radius 3 is 2.39 bits per heavy atom. The van der Waals surface area contributed by atoms with Crippen LogP contribution in [0.3, 0.4) is 0 Å². The summed E-state index contributed by atoms with van der Waals surface area (Å²) < 4.78 is 33.7. The summed E-state index contributed by atoms with van der Waals surface area (Å²) in [7, 11) is 0. The Bertz CT molecular complexity index is 694. The molecule has 0 aliphatic carbocycles. The summed E-state index contributed by atoms with van der Waals surface area (Å²) in [5, 5.41) is 0. The van der Waals surface area contributed by atoms with Crippen molar-refractivity contribution in [1.82, 2.24) is 0 Å². The standard InChI is InChI=1S/C19H18F2O2/c1-13-4-8-15(9-5-13)19(17(21)3-2-12-23-19)18(22)14-6-10-16(20)11-7-14/h4-11,17H,2-3,12H2,1H3/t17-,19+/m0/s1. The van der Waals surface area contributed by atoms with Gasteiger partial charge in [0.15, 0.2) is 5.60 Å². The van der Waals surface area contributed by atoms with Gasteiger partial charge in [0.25, 0.3) is 0 Å². The Kier molecular flexibility index (Phi) is 4.26. The number of rotatable bonds is 3. The largest absolute Gasteiger partial charge is 0.359 e. The molecule has 1 heterocycles. The topological polar surface area (TPSA) is 26.3 Å². The third kappa shape index (κ3) is 2.79. The molecule has 0 unspecified atom stereocenters. The molecule has 4 heteroatoms. The van der Waals surface area contributed by atoms with E-state index >= 15 is 0 Å². The number of Topliss-reactive ketones (excluding diaryl/α,β-unsaturated/α-hetero) is 1. The van der Waals surface area contributed by atoms with Crippen LogP contribution in [0.15, 0.2) is 48.5 Å². The summed E-state index contributed by atoms with van der Waals surface area (Å²) in [6.07, 6.45) is -0.594. The first-order valence-electron chi connectivity index (χ1n) is 7.69. The van der Waals surface area contributed by atoms with Crippen LogP contribution in [0, 0.1) is 12.7 Å². The fraction of sp³-hybridized carbons (Fsp3) is 0.316. The van der Waals surface area contributed by atoms with Crippen molar-refractivity contribution in [2.75, 3.05) is 6.61 Å². The van der Waals surface area contributed by atoms with Crippen LogP contribution in [0.5, 0.6) is 0 Å². The molecule has 23 heavy (non-hydrogen) atoms. The number of halogens is 2. The van der Waals surface area contributed by atoms with Gasteiger partial charge in [0, 0.05) is 12.2 Å². The van der Waals surface area contributed by atoms with Gasteiger partial charge in [-0.25, -0.2) is 8.78 Å². The van der Waals surface area contributed by atoms with E-state index in [9.17, 15) is 13.6 Å². The smallest absolute Gasteiger partial charge is 0.202 e. The molecule has 1 aliphatic rings. The quantitative estimate of drug-likeness (QED) is 0.786. The highest BCUT2D eigenvalue weighted by molar-refractivity contribution is 6.03. The van der Waals surface area contributed by atoms with Crippen LogP contribution in [-0.2, 0) is 10.3 Å². The van der Waals surface area contributed by atoms with E-state index in [1.165, 1.54) is 24.3 Å². The van der Waals surface area contributed by atoms with Crippen molar-refractivity contribution < 1.29 is 18.3 Å². The summed E-state index contributed by atoms with van der Waals surface area (Å²) in [5.74, 6) is -0.902. The van der Waals surface area contributed by atoms with E-state index in [-0.39, 0.29) is 12.0 Å². The Morgan fingerprint density at radius 1 is 1.13 bits per heavy atom. The van der Waals surface area contributed by atoms with Crippen molar-refractivity contribution in [3.8, 4) is 0 Å². The third-order valence-electron chi connectivity index (χ3n) is 4.30. The zero-order chi connectivity index (χ0) is 16.4. The lowest BCUT2D eigenvalue weighted by Gasteiger charge is -2.39. The molecule has 1 aliphatic heterocycles. The van der Waals surface area contributed by atoms with E-state index in [1.54, 1.807) is 12.1 Å². The van der Waals surface area contributed by atoms with Crippen LogP contribution < -0.4 is 0 Å². The SMILES string of the molecule is Cc1ccc([C@@]2(C(=O)c3ccc(F)cc3)OCCC[C@@H]2F)cc1. The van der Waals surface area contributed by atoms with E-state index < -0.39 is 23.4 Å². The van der Waals surface area contributed by atoms with Gasteiger partial charge in [-0.05, 0) is 49.6 Å². The number of hydrogen-bond acceptors (Lipinski definition) is 2. The molecule has 2 nitrogen and oxygen atoms in total. The number of alkyl halides is 1. The van der Waals surface area contributed by atoms with Crippen LogP contribution in [0.1, 0.15) is 34.3 Å². The predicted octanol–water partition coefficient (Wildman–Crippen LogP) is 4.36. The lowest BCUT2D eigenvalue weighted by molar-refractivity contribution is -0.104. The second kappa shape index (κ2) is 6.20. The highest BCUT2D eigenvalue weighted by atomic mass is 19.1. The van der Waals surface area contributed by atoms with Crippen molar-refractivity contribution in [1.29, 1.82) is 0 Å². The molecule has 0 bridgehead atoms. The van der Waals surface area contributed by atoms with Gasteiger partial charge in [0.2, 0.25) is 5.78 Å². The minimum Gasteiger partial charge on any atom is -0.359 e. The molecule has 1 fully saturated rings. The van der Waals surface area contributed by atoms with Gasteiger partial charge in [-0.2, -0.15) is 0 Å². The van der Waals surface area contributed by atoms with Crippen LogP contribution in [0.4, 0.5) is 8.78 Å². The molecule has 0 saturated carbocycles. The lowest BCUT2D eigenvalue weighted by atomic mass is 9.78. The van der Waals surface area contributed by atoms with E-state index in [0.717, 1.165) is 5.56 Å². The minimum absolute atomic E-state index is 0.247. The number of carbonyl (C=O) groups excluding carboxylic acids is 1. The first kappa shape index (κ1) is 15.8. The average Bonchev–Trinajstić information content (AvgIpc) is 2.56. The van der Waals surface area contributed by atoms with E-state index in [0.29, 0.717) is 18.6 Å². The summed E-state index contributed by atoms with van der Waals surface area (Å²) >= 11 is 0. The summed E-state index contributed by atoms with van der Waals surface area (Å²) in [6.45, 7) is 2.24. The maximum absolute atomic E-state index is 14.9. The van der Waals surface area contributed by atoms with Gasteiger partial charge < -0.3 is 4.74 Å².